The molecule has 2 aromatic rings. The smallest absolute Gasteiger partial charge is 0.239 e. The number of likely N-dealkylation sites (tertiary alicyclic amines) is 2. The Labute approximate surface area is 179 Å². The molecule has 1 unspecified atom stereocenters. The van der Waals surface area contributed by atoms with Crippen molar-refractivity contribution in [1.82, 2.24) is 14.8 Å². The van der Waals surface area contributed by atoms with Crippen molar-refractivity contribution in [1.29, 1.82) is 0 Å². The van der Waals surface area contributed by atoms with Crippen LogP contribution in [0.25, 0.3) is 0 Å². The molecule has 0 saturated carbocycles. The zero-order chi connectivity index (χ0) is 20.9. The van der Waals surface area contributed by atoms with E-state index in [4.69, 9.17) is 4.98 Å². The van der Waals surface area contributed by atoms with Crippen molar-refractivity contribution in [3.63, 3.8) is 0 Å². The van der Waals surface area contributed by atoms with E-state index in [1.54, 1.807) is 12.1 Å². The Morgan fingerprint density at radius 2 is 1.87 bits per heavy atom. The van der Waals surface area contributed by atoms with E-state index in [1.807, 2.05) is 12.3 Å². The van der Waals surface area contributed by atoms with Crippen LogP contribution in [-0.4, -0.2) is 52.9 Å². The third-order valence-electron chi connectivity index (χ3n) is 6.62. The van der Waals surface area contributed by atoms with E-state index in [-0.39, 0.29) is 11.9 Å². The number of rotatable bonds is 6. The number of pyridine rings is 1. The summed E-state index contributed by atoms with van der Waals surface area (Å²) in [5.74, 6) is 0.522. The highest BCUT2D eigenvalue weighted by Gasteiger charge is 2.32. The van der Waals surface area contributed by atoms with Crippen LogP contribution in [0.3, 0.4) is 0 Å². The van der Waals surface area contributed by atoms with Crippen molar-refractivity contribution in [2.45, 2.75) is 57.4 Å². The van der Waals surface area contributed by atoms with Gasteiger partial charge in [0.1, 0.15) is 5.82 Å². The average molecular weight is 410 g/mol. The van der Waals surface area contributed by atoms with Crippen LogP contribution in [0.1, 0.15) is 61.8 Å². The molecule has 1 aromatic carbocycles. The Morgan fingerprint density at radius 3 is 2.50 bits per heavy atom. The summed E-state index contributed by atoms with van der Waals surface area (Å²) in [5.41, 5.74) is 3.16. The summed E-state index contributed by atoms with van der Waals surface area (Å²) in [6.07, 6.45) is 7.87. The van der Waals surface area contributed by atoms with Gasteiger partial charge < -0.3 is 4.90 Å². The maximum Gasteiger partial charge on any atom is 0.239 e. The number of hydrogen-bond donors (Lipinski definition) is 0. The lowest BCUT2D eigenvalue weighted by atomic mass is 9.92. The van der Waals surface area contributed by atoms with Crippen LogP contribution >= 0.6 is 0 Å². The lowest BCUT2D eigenvalue weighted by Crippen LogP contribution is -2.49. The van der Waals surface area contributed by atoms with E-state index in [0.29, 0.717) is 18.2 Å². The molecular formula is C25H32FN3O. The maximum absolute atomic E-state index is 13.4. The van der Waals surface area contributed by atoms with Gasteiger partial charge in [-0.15, -0.1) is 0 Å². The first kappa shape index (κ1) is 21.0. The molecule has 5 heteroatoms. The van der Waals surface area contributed by atoms with E-state index >= 15 is 0 Å². The fourth-order valence-electron chi connectivity index (χ4n) is 4.91. The lowest BCUT2D eigenvalue weighted by Gasteiger charge is -2.36. The molecule has 1 atom stereocenters. The highest BCUT2D eigenvalue weighted by molar-refractivity contribution is 5.82. The van der Waals surface area contributed by atoms with Crippen molar-refractivity contribution >= 4 is 5.91 Å². The van der Waals surface area contributed by atoms with Gasteiger partial charge in [0, 0.05) is 30.9 Å². The zero-order valence-corrected chi connectivity index (χ0v) is 17.9. The van der Waals surface area contributed by atoms with Crippen molar-refractivity contribution in [2.75, 3.05) is 26.2 Å². The summed E-state index contributed by atoms with van der Waals surface area (Å²) < 4.78 is 13.4. The Bertz CT molecular complexity index is 840. The normalized spacial score (nSPS) is 19.2. The molecule has 2 fully saturated rings. The molecule has 160 valence electrons. The van der Waals surface area contributed by atoms with Gasteiger partial charge >= 0.3 is 0 Å². The van der Waals surface area contributed by atoms with Crippen molar-refractivity contribution < 1.29 is 9.18 Å². The van der Waals surface area contributed by atoms with Gasteiger partial charge in [-0.3, -0.25) is 14.7 Å². The number of carbonyl (C=O) groups excluding carboxylic acids is 1. The number of piperidine rings is 1. The van der Waals surface area contributed by atoms with E-state index in [2.05, 4.69) is 28.9 Å². The molecule has 2 aliphatic rings. The fourth-order valence-corrected chi connectivity index (χ4v) is 4.91. The minimum absolute atomic E-state index is 0.0595. The average Bonchev–Trinajstić information content (AvgIpc) is 3.29. The second-order valence-corrected chi connectivity index (χ2v) is 8.66. The first-order chi connectivity index (χ1) is 14.6. The zero-order valence-electron chi connectivity index (χ0n) is 17.9. The maximum atomic E-state index is 13.4. The van der Waals surface area contributed by atoms with Crippen molar-refractivity contribution in [3.05, 3.63) is 65.2 Å². The summed E-state index contributed by atoms with van der Waals surface area (Å²) in [7, 11) is 0. The topological polar surface area (TPSA) is 36.4 Å². The highest BCUT2D eigenvalue weighted by Crippen LogP contribution is 2.28. The molecule has 3 heterocycles. The van der Waals surface area contributed by atoms with Gasteiger partial charge in [-0.05, 0) is 80.9 Å². The summed E-state index contributed by atoms with van der Waals surface area (Å²) in [5, 5.41) is 0. The van der Waals surface area contributed by atoms with Crippen LogP contribution in [0.2, 0.25) is 0 Å². The molecule has 4 nitrogen and oxygen atoms in total. The first-order valence-corrected chi connectivity index (χ1v) is 11.4. The predicted molar refractivity (Wildman–Crippen MR) is 117 cm³/mol. The monoisotopic (exact) mass is 409 g/mol. The summed E-state index contributed by atoms with van der Waals surface area (Å²) >= 11 is 0. The van der Waals surface area contributed by atoms with Gasteiger partial charge in [-0.25, -0.2) is 4.39 Å². The quantitative estimate of drug-likeness (QED) is 0.710. The van der Waals surface area contributed by atoms with Gasteiger partial charge in [0.15, 0.2) is 0 Å². The standard InChI is InChI=1S/C25H32FN3O/c1-2-24(28-12-3-4-13-28)25(30)29-14-10-21(11-15-29)23-9-8-20(18-27-23)16-19-6-5-7-22(26)17-19/h5-9,17-18,21,24H,2-4,10-16H2,1H3. The Balaban J connectivity index is 1.32. The summed E-state index contributed by atoms with van der Waals surface area (Å²) in [4.78, 5) is 22.2. The molecule has 0 aliphatic carbocycles. The molecule has 1 amide bonds. The second kappa shape index (κ2) is 9.69. The lowest BCUT2D eigenvalue weighted by molar-refractivity contribution is -0.137. The number of hydrogen-bond acceptors (Lipinski definition) is 3. The van der Waals surface area contributed by atoms with Gasteiger partial charge in [-0.1, -0.05) is 25.1 Å². The first-order valence-electron chi connectivity index (χ1n) is 11.4. The molecule has 1 aromatic heterocycles. The van der Waals surface area contributed by atoms with Crippen LogP contribution in [0.4, 0.5) is 4.39 Å². The van der Waals surface area contributed by atoms with E-state index in [9.17, 15) is 9.18 Å². The largest absolute Gasteiger partial charge is 0.341 e. The molecule has 0 bridgehead atoms. The minimum atomic E-state index is -0.201. The molecule has 2 aliphatic heterocycles. The molecule has 2 saturated heterocycles. The van der Waals surface area contributed by atoms with Crippen LogP contribution in [-0.2, 0) is 11.2 Å². The third kappa shape index (κ3) is 4.89. The molecule has 30 heavy (non-hydrogen) atoms. The fraction of sp³-hybridized carbons (Fsp3) is 0.520. The number of halogens is 1. The highest BCUT2D eigenvalue weighted by atomic mass is 19.1. The van der Waals surface area contributed by atoms with Crippen LogP contribution in [0, 0.1) is 5.82 Å². The number of carbonyl (C=O) groups is 1. The van der Waals surface area contributed by atoms with Crippen molar-refractivity contribution in [3.8, 4) is 0 Å². The number of benzene rings is 1. The molecule has 4 rings (SSSR count). The summed E-state index contributed by atoms with van der Waals surface area (Å²) in [6, 6.07) is 11.0. The van der Waals surface area contributed by atoms with E-state index < -0.39 is 0 Å². The molecule has 0 radical (unpaired) electrons. The van der Waals surface area contributed by atoms with E-state index in [1.165, 1.54) is 18.9 Å². The SMILES string of the molecule is CCC(C(=O)N1CCC(c2ccc(Cc3cccc(F)c3)cn2)CC1)N1CCCC1. The molecule has 0 spiro atoms. The number of nitrogens with zero attached hydrogens (tertiary/aromatic N) is 3. The third-order valence-corrected chi connectivity index (χ3v) is 6.62. The number of aromatic nitrogens is 1. The van der Waals surface area contributed by atoms with Crippen molar-refractivity contribution in [2.24, 2.45) is 0 Å². The van der Waals surface area contributed by atoms with Gasteiger partial charge in [0.25, 0.3) is 0 Å². The molecule has 0 N–H and O–H groups in total. The van der Waals surface area contributed by atoms with Crippen LogP contribution < -0.4 is 0 Å². The predicted octanol–water partition coefficient (Wildman–Crippen LogP) is 4.39. The summed E-state index contributed by atoms with van der Waals surface area (Å²) in [6.45, 7) is 5.89. The van der Waals surface area contributed by atoms with Gasteiger partial charge in [-0.2, -0.15) is 0 Å². The van der Waals surface area contributed by atoms with E-state index in [0.717, 1.165) is 62.3 Å². The Hall–Kier alpha value is -2.27. The van der Waals surface area contributed by atoms with Crippen LogP contribution in [0.15, 0.2) is 42.6 Å². The second-order valence-electron chi connectivity index (χ2n) is 8.66. The Morgan fingerprint density at radius 1 is 1.10 bits per heavy atom. The van der Waals surface area contributed by atoms with Gasteiger partial charge in [0.05, 0.1) is 6.04 Å². The molecular weight excluding hydrogens is 377 g/mol. The Kier molecular flexibility index (Phi) is 6.78. The minimum Gasteiger partial charge on any atom is -0.341 e. The van der Waals surface area contributed by atoms with Gasteiger partial charge in [0.2, 0.25) is 5.91 Å². The number of amides is 1. The van der Waals surface area contributed by atoms with Crippen LogP contribution in [0.5, 0.6) is 0 Å².